The molecule has 5 rings (SSSR count). The molecule has 0 aliphatic carbocycles. The van der Waals surface area contributed by atoms with Crippen LogP contribution in [0.25, 0.3) is 22.4 Å². The molecule has 1 aliphatic heterocycles. The van der Waals surface area contributed by atoms with E-state index < -0.39 is 0 Å². The van der Waals surface area contributed by atoms with Crippen molar-refractivity contribution in [1.82, 2.24) is 24.6 Å². The summed E-state index contributed by atoms with van der Waals surface area (Å²) in [5.41, 5.74) is 1.25. The van der Waals surface area contributed by atoms with E-state index in [1.165, 1.54) is 4.57 Å². The third-order valence-corrected chi connectivity index (χ3v) is 5.90. The summed E-state index contributed by atoms with van der Waals surface area (Å²) in [6.07, 6.45) is 3.20. The molecule has 1 aliphatic rings. The number of pyridine rings is 2. The van der Waals surface area contributed by atoms with Crippen molar-refractivity contribution in [3.05, 3.63) is 76.2 Å². The van der Waals surface area contributed by atoms with Crippen molar-refractivity contribution < 1.29 is 9.21 Å². The summed E-state index contributed by atoms with van der Waals surface area (Å²) in [7, 11) is 1.66. The van der Waals surface area contributed by atoms with Gasteiger partial charge in [-0.15, -0.1) is 10.2 Å². The summed E-state index contributed by atoms with van der Waals surface area (Å²) in [5.74, 6) is 0.364. The molecule has 0 N–H and O–H groups in total. The van der Waals surface area contributed by atoms with E-state index >= 15 is 0 Å². The van der Waals surface area contributed by atoms with E-state index in [1.54, 1.807) is 30.3 Å². The highest BCUT2D eigenvalue weighted by Crippen LogP contribution is 2.34. The lowest BCUT2D eigenvalue weighted by atomic mass is 10.1. The number of hydrogen-bond acceptors (Lipinski definition) is 6. The molecule has 0 radical (unpaired) electrons. The lowest BCUT2D eigenvalue weighted by Crippen LogP contribution is -2.36. The molecule has 0 spiro atoms. The molecule has 1 atom stereocenters. The third kappa shape index (κ3) is 3.20. The zero-order chi connectivity index (χ0) is 21.5. The number of nitrogens with zero attached hydrogens (tertiary/aromatic N) is 5. The van der Waals surface area contributed by atoms with Gasteiger partial charge in [-0.2, -0.15) is 0 Å². The van der Waals surface area contributed by atoms with E-state index in [0.717, 1.165) is 22.9 Å². The van der Waals surface area contributed by atoms with E-state index in [2.05, 4.69) is 15.2 Å². The fourth-order valence-corrected chi connectivity index (χ4v) is 4.07. The van der Waals surface area contributed by atoms with Crippen LogP contribution in [0.3, 0.4) is 0 Å². The van der Waals surface area contributed by atoms with Crippen LogP contribution in [0.5, 0.6) is 0 Å². The standard InChI is InChI=1S/C23H21N5O3/c1-14-9-10-17(22(29)27(14)2)23(30)28-13-5-8-18(28)20-25-26-21(31-20)19-16-7-4-3-6-15(16)11-12-24-19/h3-4,6-7,9-12,18H,5,8,13H2,1-2H3/t18-/m0/s1. The number of aromatic nitrogens is 4. The molecule has 0 unspecified atom stereocenters. The summed E-state index contributed by atoms with van der Waals surface area (Å²) in [6.45, 7) is 2.36. The Balaban J connectivity index is 1.48. The van der Waals surface area contributed by atoms with Crippen LogP contribution in [0.4, 0.5) is 0 Å². The number of benzene rings is 1. The van der Waals surface area contributed by atoms with Crippen LogP contribution < -0.4 is 5.56 Å². The summed E-state index contributed by atoms with van der Waals surface area (Å²) >= 11 is 0. The average molecular weight is 415 g/mol. The fourth-order valence-electron chi connectivity index (χ4n) is 4.07. The molecule has 1 fully saturated rings. The van der Waals surface area contributed by atoms with Gasteiger partial charge in [0.1, 0.15) is 17.3 Å². The van der Waals surface area contributed by atoms with Crippen molar-refractivity contribution >= 4 is 16.7 Å². The number of hydrogen-bond donors (Lipinski definition) is 0. The first-order valence-electron chi connectivity index (χ1n) is 10.2. The second kappa shape index (κ2) is 7.46. The maximum atomic E-state index is 13.2. The SMILES string of the molecule is Cc1ccc(C(=O)N2CCC[C@H]2c2nnc(-c3nccc4ccccc34)o2)c(=O)n1C. The number of fused-ring (bicyclic) bond motifs is 1. The highest BCUT2D eigenvalue weighted by molar-refractivity contribution is 5.94. The minimum atomic E-state index is -0.366. The molecule has 1 aromatic carbocycles. The molecular weight excluding hydrogens is 394 g/mol. The highest BCUT2D eigenvalue weighted by Gasteiger charge is 2.35. The van der Waals surface area contributed by atoms with E-state index in [4.69, 9.17) is 4.42 Å². The average Bonchev–Trinajstić information content (AvgIpc) is 3.46. The minimum absolute atomic E-state index is 0.149. The normalized spacial score (nSPS) is 16.2. The largest absolute Gasteiger partial charge is 0.417 e. The van der Waals surface area contributed by atoms with Gasteiger partial charge >= 0.3 is 0 Å². The van der Waals surface area contributed by atoms with Crippen molar-refractivity contribution in [3.63, 3.8) is 0 Å². The first-order chi connectivity index (χ1) is 15.0. The minimum Gasteiger partial charge on any atom is -0.417 e. The van der Waals surface area contributed by atoms with E-state index in [-0.39, 0.29) is 23.1 Å². The topological polar surface area (TPSA) is 94.1 Å². The number of carbonyl (C=O) groups excluding carboxylic acids is 1. The molecule has 1 saturated heterocycles. The van der Waals surface area contributed by atoms with Gasteiger partial charge in [-0.3, -0.25) is 14.6 Å². The van der Waals surface area contributed by atoms with Gasteiger partial charge in [-0.25, -0.2) is 0 Å². The second-order valence-electron chi connectivity index (χ2n) is 7.74. The Bertz CT molecular complexity index is 1350. The Morgan fingerprint density at radius 3 is 2.84 bits per heavy atom. The van der Waals surface area contributed by atoms with Crippen LogP contribution in [0.15, 0.2) is 57.9 Å². The number of carbonyl (C=O) groups is 1. The highest BCUT2D eigenvalue weighted by atomic mass is 16.4. The lowest BCUT2D eigenvalue weighted by Gasteiger charge is -2.22. The zero-order valence-electron chi connectivity index (χ0n) is 17.3. The quantitative estimate of drug-likeness (QED) is 0.510. The van der Waals surface area contributed by atoms with E-state index in [1.807, 2.05) is 37.3 Å². The van der Waals surface area contributed by atoms with Gasteiger partial charge in [-0.05, 0) is 43.4 Å². The number of likely N-dealkylation sites (tertiary alicyclic amines) is 1. The number of amides is 1. The molecule has 1 amide bonds. The maximum Gasteiger partial charge on any atom is 0.267 e. The molecule has 4 aromatic rings. The third-order valence-electron chi connectivity index (χ3n) is 5.90. The van der Waals surface area contributed by atoms with Crippen LogP contribution in [0.1, 0.15) is 40.8 Å². The molecule has 8 heteroatoms. The molecule has 156 valence electrons. The Hall–Kier alpha value is -3.81. The Kier molecular flexibility index (Phi) is 4.62. The summed E-state index contributed by atoms with van der Waals surface area (Å²) in [5, 5.41) is 10.4. The van der Waals surface area contributed by atoms with Gasteiger partial charge in [0.2, 0.25) is 5.89 Å². The smallest absolute Gasteiger partial charge is 0.267 e. The van der Waals surface area contributed by atoms with Gasteiger partial charge in [0.15, 0.2) is 0 Å². The van der Waals surface area contributed by atoms with E-state index in [0.29, 0.717) is 30.4 Å². The molecule has 8 nitrogen and oxygen atoms in total. The molecule has 31 heavy (non-hydrogen) atoms. The summed E-state index contributed by atoms with van der Waals surface area (Å²) in [4.78, 5) is 31.9. The van der Waals surface area contributed by atoms with Gasteiger partial charge in [-0.1, -0.05) is 24.3 Å². The van der Waals surface area contributed by atoms with Crippen molar-refractivity contribution in [2.24, 2.45) is 7.05 Å². The van der Waals surface area contributed by atoms with Crippen molar-refractivity contribution in [2.45, 2.75) is 25.8 Å². The number of rotatable bonds is 3. The molecule has 3 aromatic heterocycles. The Morgan fingerprint density at radius 1 is 1.13 bits per heavy atom. The first kappa shape index (κ1) is 19.2. The molecule has 0 saturated carbocycles. The summed E-state index contributed by atoms with van der Waals surface area (Å²) < 4.78 is 7.47. The number of aryl methyl sites for hydroxylation is 1. The van der Waals surface area contributed by atoms with Gasteiger partial charge in [0, 0.05) is 30.9 Å². The molecule has 0 bridgehead atoms. The summed E-state index contributed by atoms with van der Waals surface area (Å²) in [6, 6.07) is 12.8. The first-order valence-corrected chi connectivity index (χ1v) is 10.2. The van der Waals surface area contributed by atoms with Crippen molar-refractivity contribution in [3.8, 4) is 11.6 Å². The lowest BCUT2D eigenvalue weighted by molar-refractivity contribution is 0.0713. The van der Waals surface area contributed by atoms with Crippen LogP contribution in [-0.4, -0.2) is 37.1 Å². The predicted octanol–water partition coefficient (Wildman–Crippen LogP) is 3.27. The maximum absolute atomic E-state index is 13.2. The Labute approximate surface area is 178 Å². The Morgan fingerprint density at radius 2 is 1.97 bits per heavy atom. The zero-order valence-corrected chi connectivity index (χ0v) is 17.3. The molecular formula is C23H21N5O3. The van der Waals surface area contributed by atoms with Crippen LogP contribution in [-0.2, 0) is 7.05 Å². The fraction of sp³-hybridized carbons (Fsp3) is 0.261. The van der Waals surface area contributed by atoms with Crippen molar-refractivity contribution in [2.75, 3.05) is 6.54 Å². The predicted molar refractivity (Wildman–Crippen MR) is 114 cm³/mol. The van der Waals surface area contributed by atoms with Gasteiger partial charge < -0.3 is 13.9 Å². The van der Waals surface area contributed by atoms with Crippen LogP contribution in [0.2, 0.25) is 0 Å². The van der Waals surface area contributed by atoms with Gasteiger partial charge in [0.25, 0.3) is 17.4 Å². The molecule has 4 heterocycles. The van der Waals surface area contributed by atoms with Crippen LogP contribution >= 0.6 is 0 Å². The second-order valence-corrected chi connectivity index (χ2v) is 7.74. The van der Waals surface area contributed by atoms with Crippen molar-refractivity contribution in [1.29, 1.82) is 0 Å². The monoisotopic (exact) mass is 415 g/mol. The van der Waals surface area contributed by atoms with Crippen LogP contribution in [0, 0.1) is 6.92 Å². The van der Waals surface area contributed by atoms with E-state index in [9.17, 15) is 9.59 Å². The van der Waals surface area contributed by atoms with Gasteiger partial charge in [0.05, 0.1) is 0 Å².